The Morgan fingerprint density at radius 1 is 1.18 bits per heavy atom. The highest BCUT2D eigenvalue weighted by Crippen LogP contribution is 2.24. The van der Waals surface area contributed by atoms with Crippen molar-refractivity contribution in [3.63, 3.8) is 0 Å². The van der Waals surface area contributed by atoms with Gasteiger partial charge in [-0.3, -0.25) is 4.79 Å². The molecule has 0 aliphatic rings. The van der Waals surface area contributed by atoms with Gasteiger partial charge in [-0.05, 0) is 44.9 Å². The second kappa shape index (κ2) is 6.93. The second-order valence-corrected chi connectivity index (χ2v) is 6.09. The van der Waals surface area contributed by atoms with E-state index in [0.717, 1.165) is 30.6 Å². The summed E-state index contributed by atoms with van der Waals surface area (Å²) in [6, 6.07) is 10.0. The predicted octanol–water partition coefficient (Wildman–Crippen LogP) is 3.95. The molecule has 1 aromatic carbocycles. The zero-order valence-electron chi connectivity index (χ0n) is 14.0. The smallest absolute Gasteiger partial charge is 0.255 e. The van der Waals surface area contributed by atoms with Gasteiger partial charge in [-0.25, -0.2) is 0 Å². The molecule has 0 fully saturated rings. The Kier molecular flexibility index (Phi) is 5.19. The fraction of sp³-hybridized carbons (Fsp3) is 0.421. The number of rotatable bonds is 5. The number of benzene rings is 1. The molecule has 1 unspecified atom stereocenters. The molecule has 0 aliphatic heterocycles. The summed E-state index contributed by atoms with van der Waals surface area (Å²) in [7, 11) is 0. The average Bonchev–Trinajstić information content (AvgIpc) is 2.45. The first kappa shape index (κ1) is 16.5. The summed E-state index contributed by atoms with van der Waals surface area (Å²) in [5, 5.41) is 0. The van der Waals surface area contributed by atoms with Crippen molar-refractivity contribution in [3.05, 3.63) is 57.4 Å². The highest BCUT2D eigenvalue weighted by molar-refractivity contribution is 5.64. The Morgan fingerprint density at radius 2 is 1.91 bits per heavy atom. The Morgan fingerprint density at radius 3 is 2.50 bits per heavy atom. The summed E-state index contributed by atoms with van der Waals surface area (Å²) in [4.78, 5) is 12.8. The molecule has 0 radical (unpaired) electrons. The number of pyridine rings is 1. The van der Waals surface area contributed by atoms with Crippen LogP contribution in [0.15, 0.2) is 35.1 Å². The van der Waals surface area contributed by atoms with Crippen molar-refractivity contribution in [2.45, 2.75) is 53.1 Å². The quantitative estimate of drug-likeness (QED) is 0.908. The van der Waals surface area contributed by atoms with Gasteiger partial charge in [-0.2, -0.15) is 0 Å². The third-order valence-corrected chi connectivity index (χ3v) is 4.09. The zero-order chi connectivity index (χ0) is 16.3. The molecule has 0 saturated heterocycles. The van der Waals surface area contributed by atoms with Gasteiger partial charge in [0.25, 0.3) is 5.56 Å². The fourth-order valence-electron chi connectivity index (χ4n) is 2.82. The molecule has 2 rings (SSSR count). The maximum atomic E-state index is 12.8. The molecule has 118 valence electrons. The van der Waals surface area contributed by atoms with Crippen LogP contribution in [0.5, 0.6) is 0 Å². The van der Waals surface area contributed by atoms with Gasteiger partial charge in [0.05, 0.1) is 5.69 Å². The molecule has 0 bridgehead atoms. The van der Waals surface area contributed by atoms with Gasteiger partial charge < -0.3 is 10.3 Å². The second-order valence-electron chi connectivity index (χ2n) is 6.09. The number of aryl methyl sites for hydroxylation is 2. The highest BCUT2D eigenvalue weighted by atomic mass is 16.1. The van der Waals surface area contributed by atoms with E-state index >= 15 is 0 Å². The summed E-state index contributed by atoms with van der Waals surface area (Å²) < 4.78 is 1.89. The zero-order valence-corrected chi connectivity index (χ0v) is 14.0. The number of nitrogens with zero attached hydrogens (tertiary/aromatic N) is 1. The number of nitrogens with two attached hydrogens (primary N) is 1. The lowest BCUT2D eigenvalue weighted by atomic mass is 10.0. The van der Waals surface area contributed by atoms with Gasteiger partial charge in [0, 0.05) is 23.7 Å². The van der Waals surface area contributed by atoms with E-state index in [1.54, 1.807) is 0 Å². The van der Waals surface area contributed by atoms with Crippen molar-refractivity contribution >= 4 is 0 Å². The molecule has 1 heterocycles. The van der Waals surface area contributed by atoms with Gasteiger partial charge in [0.1, 0.15) is 0 Å². The van der Waals surface area contributed by atoms with Gasteiger partial charge in [-0.1, -0.05) is 37.1 Å². The first-order valence-electron chi connectivity index (χ1n) is 8.02. The molecule has 1 atom stereocenters. The van der Waals surface area contributed by atoms with Crippen molar-refractivity contribution in [1.82, 2.24) is 4.57 Å². The molecule has 2 N–H and O–H groups in total. The molecule has 1 aromatic heterocycles. The Hall–Kier alpha value is -1.87. The maximum Gasteiger partial charge on any atom is 0.255 e. The van der Waals surface area contributed by atoms with E-state index < -0.39 is 0 Å². The van der Waals surface area contributed by atoms with Gasteiger partial charge in [-0.15, -0.1) is 0 Å². The van der Waals surface area contributed by atoms with E-state index in [2.05, 4.69) is 39.0 Å². The minimum absolute atomic E-state index is 0.0425. The van der Waals surface area contributed by atoms with E-state index in [1.807, 2.05) is 23.6 Å². The van der Waals surface area contributed by atoms with Crippen LogP contribution in [0.3, 0.4) is 0 Å². The number of unbranched alkanes of at least 4 members (excludes halogenated alkanes) is 1. The molecular formula is C19H26N2O. The van der Waals surface area contributed by atoms with Crippen LogP contribution in [-0.4, -0.2) is 4.57 Å². The Bertz CT molecular complexity index is 714. The van der Waals surface area contributed by atoms with Crippen LogP contribution in [0.4, 0.5) is 0 Å². The molecule has 22 heavy (non-hydrogen) atoms. The standard InChI is InChI=1S/C19H26N2O/c1-5-6-11-21-18(10-9-17(15(4)20)19(21)22)16-8-7-13(2)12-14(16)3/h7-10,12,15H,5-6,11,20H2,1-4H3. The lowest BCUT2D eigenvalue weighted by molar-refractivity contribution is 0.607. The molecular weight excluding hydrogens is 272 g/mol. The summed E-state index contributed by atoms with van der Waals surface area (Å²) in [5.74, 6) is 0. The van der Waals surface area contributed by atoms with Crippen LogP contribution in [0.1, 0.15) is 49.4 Å². The summed E-state index contributed by atoms with van der Waals surface area (Å²) >= 11 is 0. The molecule has 3 nitrogen and oxygen atoms in total. The van der Waals surface area contributed by atoms with E-state index in [9.17, 15) is 4.79 Å². The fourth-order valence-corrected chi connectivity index (χ4v) is 2.82. The van der Waals surface area contributed by atoms with Crippen LogP contribution in [-0.2, 0) is 6.54 Å². The van der Waals surface area contributed by atoms with Crippen LogP contribution in [0, 0.1) is 13.8 Å². The molecule has 2 aromatic rings. The molecule has 0 amide bonds. The maximum absolute atomic E-state index is 12.8. The van der Waals surface area contributed by atoms with Crippen molar-refractivity contribution in [2.75, 3.05) is 0 Å². The lowest BCUT2D eigenvalue weighted by Gasteiger charge is -2.17. The highest BCUT2D eigenvalue weighted by Gasteiger charge is 2.14. The van der Waals surface area contributed by atoms with Crippen LogP contribution >= 0.6 is 0 Å². The topological polar surface area (TPSA) is 48.0 Å². The number of hydrogen-bond acceptors (Lipinski definition) is 2. The third-order valence-electron chi connectivity index (χ3n) is 4.09. The van der Waals surface area contributed by atoms with Gasteiger partial charge >= 0.3 is 0 Å². The molecule has 0 aliphatic carbocycles. The SMILES string of the molecule is CCCCn1c(-c2ccc(C)cc2C)ccc(C(C)N)c1=O. The molecule has 3 heteroatoms. The minimum atomic E-state index is -0.242. The van der Waals surface area contributed by atoms with Gasteiger partial charge in [0.15, 0.2) is 0 Å². The minimum Gasteiger partial charge on any atom is -0.324 e. The van der Waals surface area contributed by atoms with E-state index in [1.165, 1.54) is 11.1 Å². The van der Waals surface area contributed by atoms with Crippen LogP contribution in [0.2, 0.25) is 0 Å². The summed E-state index contributed by atoms with van der Waals surface area (Å²) in [6.45, 7) is 8.91. The van der Waals surface area contributed by atoms with E-state index in [0.29, 0.717) is 5.56 Å². The normalized spacial score (nSPS) is 12.4. The first-order valence-corrected chi connectivity index (χ1v) is 8.02. The van der Waals surface area contributed by atoms with Crippen molar-refractivity contribution in [1.29, 1.82) is 0 Å². The summed E-state index contributed by atoms with van der Waals surface area (Å²) in [5.41, 5.74) is 11.2. The lowest BCUT2D eigenvalue weighted by Crippen LogP contribution is -2.28. The van der Waals surface area contributed by atoms with Gasteiger partial charge in [0.2, 0.25) is 0 Å². The van der Waals surface area contributed by atoms with Crippen LogP contribution < -0.4 is 11.3 Å². The third kappa shape index (κ3) is 3.30. The van der Waals surface area contributed by atoms with Crippen molar-refractivity contribution in [2.24, 2.45) is 5.73 Å². The molecule has 0 saturated carbocycles. The van der Waals surface area contributed by atoms with Crippen LogP contribution in [0.25, 0.3) is 11.3 Å². The molecule has 0 spiro atoms. The Labute approximate surface area is 132 Å². The number of aromatic nitrogens is 1. The first-order chi connectivity index (χ1) is 10.5. The summed E-state index contributed by atoms with van der Waals surface area (Å²) in [6.07, 6.45) is 2.04. The largest absolute Gasteiger partial charge is 0.324 e. The number of hydrogen-bond donors (Lipinski definition) is 1. The van der Waals surface area contributed by atoms with Crippen molar-refractivity contribution in [3.8, 4) is 11.3 Å². The van der Waals surface area contributed by atoms with Crippen molar-refractivity contribution < 1.29 is 0 Å². The monoisotopic (exact) mass is 298 g/mol. The predicted molar refractivity (Wildman–Crippen MR) is 93.1 cm³/mol. The van der Waals surface area contributed by atoms with E-state index in [4.69, 9.17) is 5.73 Å². The Balaban J connectivity index is 2.64. The van der Waals surface area contributed by atoms with E-state index in [-0.39, 0.29) is 11.6 Å². The average molecular weight is 298 g/mol.